The van der Waals surface area contributed by atoms with E-state index in [4.69, 9.17) is 87.8 Å². The van der Waals surface area contributed by atoms with Gasteiger partial charge in [0.1, 0.15) is 45.8 Å². The van der Waals surface area contributed by atoms with Gasteiger partial charge in [0.2, 0.25) is 58.4 Å². The lowest BCUT2D eigenvalue weighted by molar-refractivity contribution is 0.277. The normalized spacial score (nSPS) is 12.5. The molecule has 0 radical (unpaired) electrons. The van der Waals surface area contributed by atoms with Gasteiger partial charge < -0.3 is 47.5 Å². The zero-order chi connectivity index (χ0) is 80.0. The second kappa shape index (κ2) is 35.1. The molecule has 0 bridgehead atoms. The van der Waals surface area contributed by atoms with Crippen molar-refractivity contribution in [2.45, 2.75) is 47.8 Å². The minimum Gasteiger partial charge on any atom is -0.479 e. The van der Waals surface area contributed by atoms with Gasteiger partial charge in [0.15, 0.2) is 27.8 Å². The first-order valence-electron chi connectivity index (χ1n) is 31.6. The molecule has 43 heteroatoms. The molecule has 0 unspecified atom stereocenters. The van der Waals surface area contributed by atoms with Crippen molar-refractivity contribution in [1.29, 1.82) is 0 Å². The zero-order valence-electron chi connectivity index (χ0n) is 56.7. The van der Waals surface area contributed by atoms with Crippen molar-refractivity contribution in [3.05, 3.63) is 232 Å². The number of anilines is 3. The summed E-state index contributed by atoms with van der Waals surface area (Å²) in [5.41, 5.74) is 5.29. The van der Waals surface area contributed by atoms with Crippen LogP contribution in [0.3, 0.4) is 0 Å². The average Bonchev–Trinajstić information content (AvgIpc) is 1.13. The second-order valence-electron chi connectivity index (χ2n) is 23.3. The molecule has 0 aliphatic heterocycles. The van der Waals surface area contributed by atoms with E-state index in [0.29, 0.717) is 58.4 Å². The SMILES string of the molecule is C.COc1nc(Cl)c(Cl)cc1-n1c(=O)ccc2cc(S(=O)(=O)Nc3ccon3)ccc21.COc1nc(Cl)c(Cl)cc1-n1c(=O)ccc2cc(S(=O)(=O)Oc3c(F)c(F)c(F)c(F)c3F)ccc21.COc1nc(OCC2CC2)c(Cl)cc1-n1c(=O)ccc2cc(S(=O)(=O)Nc3ccon3)ccc21.Nc1ccon1.OCC1CC1. The molecule has 2 aliphatic carbocycles. The van der Waals surface area contributed by atoms with Crippen LogP contribution in [-0.4, -0.2) is 109 Å². The van der Waals surface area contributed by atoms with Crippen LogP contribution in [0.2, 0.25) is 25.4 Å². The summed E-state index contributed by atoms with van der Waals surface area (Å²) in [5.74, 6) is -12.1. The lowest BCUT2D eigenvalue weighted by atomic mass is 10.2. The molecule has 9 aromatic heterocycles. The Hall–Kier alpha value is -11.1. The Balaban J connectivity index is 0.000000166. The molecule has 4 aromatic carbocycles. The van der Waals surface area contributed by atoms with E-state index in [9.17, 15) is 61.6 Å². The van der Waals surface area contributed by atoms with Crippen LogP contribution in [0.5, 0.6) is 29.3 Å². The number of fused-ring (bicyclic) bond motifs is 3. The fraction of sp³-hybridized carbons (Fsp3) is 0.174. The van der Waals surface area contributed by atoms with E-state index in [2.05, 4.69) is 57.6 Å². The molecule has 2 saturated carbocycles. The van der Waals surface area contributed by atoms with Crippen LogP contribution in [0, 0.1) is 40.9 Å². The predicted molar refractivity (Wildman–Crippen MR) is 401 cm³/mol. The molecule has 30 nitrogen and oxygen atoms in total. The van der Waals surface area contributed by atoms with Crippen LogP contribution in [0.25, 0.3) is 49.8 Å². The number of aliphatic hydroxyl groups is 1. The summed E-state index contributed by atoms with van der Waals surface area (Å²) in [6, 6.07) is 28.2. The number of aliphatic hydroxyl groups excluding tert-OH is 1. The number of nitrogens with zero attached hydrogens (tertiary/aromatic N) is 9. The summed E-state index contributed by atoms with van der Waals surface area (Å²) in [7, 11) is -8.89. The molecular formula is C69H56Cl5F5N12O18S3. The minimum absolute atomic E-state index is 0. The van der Waals surface area contributed by atoms with Gasteiger partial charge in [-0.3, -0.25) is 37.5 Å². The van der Waals surface area contributed by atoms with Crippen LogP contribution >= 0.6 is 58.0 Å². The first kappa shape index (κ1) is 83.4. The number of nitrogens with two attached hydrogens (primary N) is 1. The number of aromatic nitrogens is 9. The predicted octanol–water partition coefficient (Wildman–Crippen LogP) is 13.6. The molecule has 0 spiro atoms. The largest absolute Gasteiger partial charge is 0.479 e. The van der Waals surface area contributed by atoms with Crippen LogP contribution in [0.15, 0.2) is 189 Å². The van der Waals surface area contributed by atoms with Crippen LogP contribution in [0.1, 0.15) is 33.1 Å². The summed E-state index contributed by atoms with van der Waals surface area (Å²) in [4.78, 5) is 49.8. The van der Waals surface area contributed by atoms with Crippen molar-refractivity contribution in [2.24, 2.45) is 11.8 Å². The summed E-state index contributed by atoms with van der Waals surface area (Å²) in [6.07, 6.45) is 8.68. The molecule has 0 saturated heterocycles. The van der Waals surface area contributed by atoms with Gasteiger partial charge in [-0.25, -0.2) is 30.0 Å². The topological polar surface area (TPSA) is 402 Å². The van der Waals surface area contributed by atoms with Gasteiger partial charge in [0.25, 0.3) is 36.7 Å². The molecule has 588 valence electrons. The molecule has 0 atom stereocenters. The van der Waals surface area contributed by atoms with Gasteiger partial charge in [0, 0.05) is 59.2 Å². The van der Waals surface area contributed by atoms with Crippen molar-refractivity contribution < 1.29 is 89.0 Å². The number of halogens is 10. The number of benzene rings is 4. The summed E-state index contributed by atoms with van der Waals surface area (Å²) in [6.45, 7) is 0.934. The Labute approximate surface area is 654 Å². The molecule has 9 heterocycles. The average molecular weight is 1710 g/mol. The lowest BCUT2D eigenvalue weighted by Crippen LogP contribution is -2.19. The summed E-state index contributed by atoms with van der Waals surface area (Å²) >= 11 is 30.3. The maximum absolute atomic E-state index is 13.9. The lowest BCUT2D eigenvalue weighted by Gasteiger charge is -2.16. The van der Waals surface area contributed by atoms with Gasteiger partial charge in [-0.05, 0) is 129 Å². The second-order valence-corrected chi connectivity index (χ2v) is 30.1. The molecule has 2 fully saturated rings. The minimum atomic E-state index is -5.11. The molecule has 112 heavy (non-hydrogen) atoms. The Bertz CT molecular complexity index is 6210. The highest BCUT2D eigenvalue weighted by Crippen LogP contribution is 2.39. The number of ether oxygens (including phenoxy) is 4. The first-order valence-corrected chi connectivity index (χ1v) is 37.9. The van der Waals surface area contributed by atoms with Gasteiger partial charge in [-0.2, -0.15) is 32.2 Å². The smallest absolute Gasteiger partial charge is 0.339 e. The molecule has 0 amide bonds. The van der Waals surface area contributed by atoms with Crippen LogP contribution < -0.4 is 55.0 Å². The highest BCUT2D eigenvalue weighted by molar-refractivity contribution is 7.93. The van der Waals surface area contributed by atoms with E-state index in [1.807, 2.05) is 0 Å². The quantitative estimate of drug-likeness (QED) is 0.0192. The van der Waals surface area contributed by atoms with Crippen molar-refractivity contribution in [1.82, 2.24) is 44.1 Å². The maximum atomic E-state index is 13.9. The molecule has 5 N–H and O–H groups in total. The van der Waals surface area contributed by atoms with Gasteiger partial charge in [-0.15, -0.1) is 0 Å². The molecule has 2 aliphatic rings. The Morgan fingerprint density at radius 2 is 0.857 bits per heavy atom. The van der Waals surface area contributed by atoms with E-state index in [-0.39, 0.29) is 106 Å². The van der Waals surface area contributed by atoms with E-state index in [1.54, 1.807) is 12.1 Å². The first-order chi connectivity index (χ1) is 52.8. The zero-order valence-corrected chi connectivity index (χ0v) is 63.0. The van der Waals surface area contributed by atoms with E-state index < -0.39 is 81.0 Å². The standard InChI is InChI=1S/C22H19ClN4O6S.C21H9Cl2F5N2O5S.C18H12Cl2N4O5S.C4H8O.C3H4N2O.CH4/c1-31-22-18(11-16(23)21(24-22)32-12-13-2-3-13)27-17-6-5-15(10-14(17)4-7-20(27)28)34(29,30)26-19-8-9-33-25-19;1-34-21-12(7-10(22)20(23)29-21)30-11-4-3-9(6-8(11)2-5-13(30)31)36(32,33)35-19-17(27)15(25)14(24)16(26)18(19)28;1-28-18-14(9-12(19)17(20)21-18)24-13-4-3-11(8-10(13)2-5-16(24)25)30(26,27)23-15-6-7-29-22-15;5-3-4-1-2-4;4-3-1-2-6-5-3;/h4-11,13H,2-3,12H2,1H3,(H,25,26);2-7H,1H3;2-9H,1H3,(H,22,23);4-5H,1-3H2;1-2H,(H2,4,5);1H4. The van der Waals surface area contributed by atoms with Crippen molar-refractivity contribution in [3.63, 3.8) is 0 Å². The van der Waals surface area contributed by atoms with Crippen LogP contribution in [-0.2, 0) is 30.2 Å². The number of nitrogens with one attached hydrogen (secondary N) is 2. The Kier molecular flexibility index (Phi) is 26.1. The Morgan fingerprint density at radius 3 is 1.21 bits per heavy atom. The molecular weight excluding hydrogens is 1650 g/mol. The van der Waals surface area contributed by atoms with Gasteiger partial charge in [-0.1, -0.05) is 80.9 Å². The van der Waals surface area contributed by atoms with Crippen molar-refractivity contribution >= 4 is 138 Å². The number of sulfonamides is 2. The number of hydrogen-bond acceptors (Lipinski definition) is 25. The number of nitrogen functional groups attached to an aromatic ring is 1. The number of methoxy groups -OCH3 is 3. The van der Waals surface area contributed by atoms with E-state index in [0.717, 1.165) is 41.7 Å². The molecule has 15 rings (SSSR count). The summed E-state index contributed by atoms with van der Waals surface area (Å²) in [5, 5.41) is 19.9. The number of rotatable bonds is 19. The number of pyridine rings is 6. The third-order valence-electron chi connectivity index (χ3n) is 15.7. The number of hydrogen-bond donors (Lipinski definition) is 4. The van der Waals surface area contributed by atoms with E-state index >= 15 is 0 Å². The Morgan fingerprint density at radius 1 is 0.482 bits per heavy atom. The third kappa shape index (κ3) is 18.9. The van der Waals surface area contributed by atoms with Gasteiger partial charge in [0.05, 0.1) is 64.3 Å². The van der Waals surface area contributed by atoms with E-state index in [1.165, 1.54) is 153 Å². The third-order valence-corrected chi connectivity index (χ3v) is 21.3. The summed E-state index contributed by atoms with van der Waals surface area (Å²) < 4.78 is 192. The maximum Gasteiger partial charge on any atom is 0.339 e. The van der Waals surface area contributed by atoms with Crippen molar-refractivity contribution in [3.8, 4) is 46.3 Å². The van der Waals surface area contributed by atoms with Crippen molar-refractivity contribution in [2.75, 3.05) is 49.7 Å². The monoisotopic (exact) mass is 1710 g/mol. The highest BCUT2D eigenvalue weighted by Gasteiger charge is 2.32. The fourth-order valence-electron chi connectivity index (χ4n) is 10.0. The van der Waals surface area contributed by atoms with Gasteiger partial charge >= 0.3 is 10.1 Å². The highest BCUT2D eigenvalue weighted by atomic mass is 35.5. The van der Waals surface area contributed by atoms with Crippen LogP contribution in [0.4, 0.5) is 39.4 Å². The molecule has 13 aromatic rings. The fourth-order valence-corrected chi connectivity index (χ4v) is 13.8.